The molecule has 0 unspecified atom stereocenters. The highest BCUT2D eigenvalue weighted by molar-refractivity contribution is 8.00. The van der Waals surface area contributed by atoms with Gasteiger partial charge in [0, 0.05) is 11.3 Å². The summed E-state index contributed by atoms with van der Waals surface area (Å²) in [5.74, 6) is 0.243. The zero-order valence-corrected chi connectivity index (χ0v) is 10.9. The first-order chi connectivity index (χ1) is 7.67. The number of thioether (sulfide) groups is 1. The second-order valence-corrected chi connectivity index (χ2v) is 5.03. The van der Waals surface area contributed by atoms with E-state index in [0.29, 0.717) is 12.3 Å². The van der Waals surface area contributed by atoms with Crippen LogP contribution in [0.25, 0.3) is 0 Å². The lowest BCUT2D eigenvalue weighted by molar-refractivity contribution is 0.0921. The van der Waals surface area contributed by atoms with E-state index in [0.717, 1.165) is 12.8 Å². The van der Waals surface area contributed by atoms with Gasteiger partial charge in [-0.3, -0.25) is 4.79 Å². The van der Waals surface area contributed by atoms with Gasteiger partial charge in [0.05, 0.1) is 6.26 Å². The summed E-state index contributed by atoms with van der Waals surface area (Å²) in [4.78, 5) is 11.7. The molecular weight excluding hydrogens is 222 g/mol. The van der Waals surface area contributed by atoms with Crippen LogP contribution in [0.15, 0.2) is 22.8 Å². The molecule has 0 aliphatic heterocycles. The molecule has 0 aliphatic carbocycles. The van der Waals surface area contributed by atoms with E-state index in [4.69, 9.17) is 4.42 Å². The summed E-state index contributed by atoms with van der Waals surface area (Å²) >= 11 is 1.81. The van der Waals surface area contributed by atoms with Crippen LogP contribution >= 0.6 is 11.8 Å². The summed E-state index contributed by atoms with van der Waals surface area (Å²) < 4.78 is 5.18. The van der Waals surface area contributed by atoms with Crippen LogP contribution < -0.4 is 5.32 Å². The maximum atomic E-state index is 11.7. The predicted molar refractivity (Wildman–Crippen MR) is 67.9 cm³/mol. The molecule has 3 nitrogen and oxygen atoms in total. The van der Waals surface area contributed by atoms with E-state index in [2.05, 4.69) is 25.4 Å². The minimum Gasteiger partial charge on any atom is -0.459 e. The summed E-state index contributed by atoms with van der Waals surface area (Å²) in [5, 5.41) is 2.93. The number of carbonyl (C=O) groups excluding carboxylic acids is 1. The van der Waals surface area contributed by atoms with E-state index in [1.54, 1.807) is 12.1 Å². The molecule has 0 atom stereocenters. The molecule has 0 saturated carbocycles. The number of hydrogen-bond acceptors (Lipinski definition) is 3. The first kappa shape index (κ1) is 13.2. The minimum atomic E-state index is -0.134. The van der Waals surface area contributed by atoms with E-state index in [9.17, 15) is 4.79 Å². The van der Waals surface area contributed by atoms with Crippen molar-refractivity contribution in [2.75, 3.05) is 12.8 Å². The number of nitrogens with one attached hydrogen (secondary N) is 1. The molecule has 1 aromatic rings. The van der Waals surface area contributed by atoms with Crippen molar-refractivity contribution in [1.82, 2.24) is 5.32 Å². The highest BCUT2D eigenvalue weighted by Gasteiger charge is 2.25. The van der Waals surface area contributed by atoms with Crippen LogP contribution in [0.3, 0.4) is 0 Å². The van der Waals surface area contributed by atoms with Gasteiger partial charge in [-0.15, -0.1) is 0 Å². The van der Waals surface area contributed by atoms with Gasteiger partial charge in [0.2, 0.25) is 0 Å². The molecule has 0 aromatic carbocycles. The normalized spacial score (nSPS) is 11.4. The van der Waals surface area contributed by atoms with Gasteiger partial charge in [-0.25, -0.2) is 0 Å². The smallest absolute Gasteiger partial charge is 0.287 e. The van der Waals surface area contributed by atoms with E-state index >= 15 is 0 Å². The topological polar surface area (TPSA) is 42.2 Å². The fraction of sp³-hybridized carbons (Fsp3) is 0.583. The molecule has 1 N–H and O–H groups in total. The highest BCUT2D eigenvalue weighted by atomic mass is 32.2. The maximum absolute atomic E-state index is 11.7. The molecule has 0 saturated heterocycles. The molecular formula is C12H19NO2S. The lowest BCUT2D eigenvalue weighted by Gasteiger charge is -2.29. The predicted octanol–water partition coefficient (Wildman–Crippen LogP) is 2.93. The van der Waals surface area contributed by atoms with Gasteiger partial charge in [0.15, 0.2) is 5.76 Å². The van der Waals surface area contributed by atoms with Crippen LogP contribution in [0.4, 0.5) is 0 Å². The summed E-state index contributed by atoms with van der Waals surface area (Å²) in [5.41, 5.74) is 0. The number of carbonyl (C=O) groups is 1. The van der Waals surface area contributed by atoms with E-state index in [-0.39, 0.29) is 10.7 Å². The third kappa shape index (κ3) is 3.04. The molecule has 1 aromatic heterocycles. The fourth-order valence-electron chi connectivity index (χ4n) is 1.60. The van der Waals surface area contributed by atoms with Crippen LogP contribution in [-0.4, -0.2) is 23.5 Å². The third-order valence-electron chi connectivity index (χ3n) is 3.04. The number of hydrogen-bond donors (Lipinski definition) is 1. The largest absolute Gasteiger partial charge is 0.459 e. The Morgan fingerprint density at radius 3 is 2.62 bits per heavy atom. The van der Waals surface area contributed by atoms with Crippen LogP contribution in [0.1, 0.15) is 37.2 Å². The first-order valence-electron chi connectivity index (χ1n) is 5.54. The number of rotatable bonds is 6. The van der Waals surface area contributed by atoms with Crippen LogP contribution in [0, 0.1) is 0 Å². The van der Waals surface area contributed by atoms with Gasteiger partial charge in [-0.05, 0) is 31.2 Å². The Hall–Kier alpha value is -0.900. The zero-order chi connectivity index (χ0) is 12.0. The quantitative estimate of drug-likeness (QED) is 0.832. The summed E-state index contributed by atoms with van der Waals surface area (Å²) in [6.07, 6.45) is 5.69. The Labute approximate surface area is 101 Å². The van der Waals surface area contributed by atoms with Crippen molar-refractivity contribution in [3.63, 3.8) is 0 Å². The van der Waals surface area contributed by atoms with Crippen molar-refractivity contribution in [2.24, 2.45) is 0 Å². The van der Waals surface area contributed by atoms with Crippen LogP contribution in [-0.2, 0) is 0 Å². The van der Waals surface area contributed by atoms with Crippen molar-refractivity contribution in [1.29, 1.82) is 0 Å². The van der Waals surface area contributed by atoms with Crippen molar-refractivity contribution in [3.8, 4) is 0 Å². The molecule has 90 valence electrons. The van der Waals surface area contributed by atoms with Crippen LogP contribution in [0.2, 0.25) is 0 Å². The third-order valence-corrected chi connectivity index (χ3v) is 4.63. The van der Waals surface area contributed by atoms with E-state index in [1.165, 1.54) is 6.26 Å². The minimum absolute atomic E-state index is 0.134. The van der Waals surface area contributed by atoms with Gasteiger partial charge in [-0.2, -0.15) is 11.8 Å². The number of furan rings is 1. The highest BCUT2D eigenvalue weighted by Crippen LogP contribution is 2.29. The molecule has 1 heterocycles. The Kier molecular flexibility index (Phi) is 4.93. The lowest BCUT2D eigenvalue weighted by Crippen LogP contribution is -2.39. The Bertz CT molecular complexity index is 310. The maximum Gasteiger partial charge on any atom is 0.287 e. The summed E-state index contributed by atoms with van der Waals surface area (Å²) in [6.45, 7) is 4.98. The zero-order valence-electron chi connectivity index (χ0n) is 10.1. The molecule has 0 radical (unpaired) electrons. The van der Waals surface area contributed by atoms with E-state index < -0.39 is 0 Å². The number of amides is 1. The lowest BCUT2D eigenvalue weighted by atomic mass is 10.0. The summed E-state index contributed by atoms with van der Waals surface area (Å²) in [6, 6.07) is 3.39. The Balaban J connectivity index is 2.53. The molecule has 0 aliphatic rings. The van der Waals surface area contributed by atoms with Gasteiger partial charge in [0.25, 0.3) is 5.91 Å². The van der Waals surface area contributed by atoms with E-state index in [1.807, 2.05) is 11.8 Å². The SMILES string of the molecule is CCC(CC)(CNC(=O)c1ccco1)SC. The second kappa shape index (κ2) is 5.99. The summed E-state index contributed by atoms with van der Waals surface area (Å²) in [7, 11) is 0. The van der Waals surface area contributed by atoms with Crippen molar-refractivity contribution < 1.29 is 9.21 Å². The van der Waals surface area contributed by atoms with Crippen molar-refractivity contribution in [3.05, 3.63) is 24.2 Å². The standard InChI is InChI=1S/C12H19NO2S/c1-4-12(5-2,16-3)9-13-11(14)10-7-6-8-15-10/h6-8H,4-5,9H2,1-3H3,(H,13,14). The first-order valence-corrected chi connectivity index (χ1v) is 6.76. The van der Waals surface area contributed by atoms with Gasteiger partial charge < -0.3 is 9.73 Å². The molecule has 0 spiro atoms. The average Bonchev–Trinajstić information content (AvgIpc) is 2.85. The average molecular weight is 241 g/mol. The Morgan fingerprint density at radius 2 is 2.19 bits per heavy atom. The van der Waals surface area contributed by atoms with Gasteiger partial charge in [-0.1, -0.05) is 13.8 Å². The second-order valence-electron chi connectivity index (χ2n) is 3.75. The van der Waals surface area contributed by atoms with Crippen molar-refractivity contribution >= 4 is 17.7 Å². The monoisotopic (exact) mass is 241 g/mol. The van der Waals surface area contributed by atoms with Gasteiger partial charge in [0.1, 0.15) is 0 Å². The Morgan fingerprint density at radius 1 is 1.50 bits per heavy atom. The van der Waals surface area contributed by atoms with Crippen LogP contribution in [0.5, 0.6) is 0 Å². The molecule has 0 bridgehead atoms. The van der Waals surface area contributed by atoms with Gasteiger partial charge >= 0.3 is 0 Å². The fourth-order valence-corrected chi connectivity index (χ4v) is 2.39. The molecule has 1 rings (SSSR count). The van der Waals surface area contributed by atoms with Crippen molar-refractivity contribution in [2.45, 2.75) is 31.4 Å². The molecule has 4 heteroatoms. The molecule has 1 amide bonds. The molecule has 0 fully saturated rings. The molecule has 16 heavy (non-hydrogen) atoms.